The highest BCUT2D eigenvalue weighted by Crippen LogP contribution is 2.31. The topological polar surface area (TPSA) is 17.8 Å². The van der Waals surface area contributed by atoms with Gasteiger partial charge < -0.3 is 0 Å². The van der Waals surface area contributed by atoms with Gasteiger partial charge in [0.1, 0.15) is 0 Å². The number of aromatic nitrogens is 2. The summed E-state index contributed by atoms with van der Waals surface area (Å²) in [5.74, 6) is 0.848. The number of rotatable bonds is 1. The molecule has 0 radical (unpaired) electrons. The smallest absolute Gasteiger partial charge is 0.0679 e. The highest BCUT2D eigenvalue weighted by Gasteiger charge is 2.12. The van der Waals surface area contributed by atoms with Gasteiger partial charge in [0.15, 0.2) is 0 Å². The lowest BCUT2D eigenvalue weighted by Gasteiger charge is -2.18. The highest BCUT2D eigenvalue weighted by atomic mass is 15.2. The van der Waals surface area contributed by atoms with Gasteiger partial charge in [-0.25, -0.2) is 0 Å². The second-order valence-electron chi connectivity index (χ2n) is 5.15. The van der Waals surface area contributed by atoms with Crippen molar-refractivity contribution in [1.29, 1.82) is 0 Å². The van der Waals surface area contributed by atoms with Crippen molar-refractivity contribution in [2.75, 3.05) is 0 Å². The number of nitrogens with zero attached hydrogens (tertiary/aromatic N) is 2. The minimum atomic E-state index is 0.848. The Bertz CT molecular complexity index is 578. The number of hydrogen-bond acceptors (Lipinski definition) is 1. The molecule has 0 N–H and O–H groups in total. The molecule has 1 heterocycles. The molecule has 1 unspecified atom stereocenters. The average molecular weight is 226 g/mol. The Kier molecular flexibility index (Phi) is 2.50. The summed E-state index contributed by atoms with van der Waals surface area (Å²) in [6.45, 7) is 2.33. The molecule has 0 aliphatic heterocycles. The summed E-state index contributed by atoms with van der Waals surface area (Å²) in [6.07, 6.45) is 8.11. The maximum atomic E-state index is 4.29. The van der Waals surface area contributed by atoms with Crippen molar-refractivity contribution in [2.45, 2.75) is 26.2 Å². The molecular weight excluding hydrogens is 208 g/mol. The van der Waals surface area contributed by atoms with Crippen LogP contribution in [0.3, 0.4) is 0 Å². The normalized spacial score (nSPS) is 20.6. The number of allylic oxidation sites excluding steroid dienone is 2. The van der Waals surface area contributed by atoms with Crippen molar-refractivity contribution in [3.63, 3.8) is 0 Å². The zero-order valence-electron chi connectivity index (χ0n) is 10.5. The first-order valence-electron chi connectivity index (χ1n) is 6.35. The van der Waals surface area contributed by atoms with Crippen molar-refractivity contribution < 1.29 is 0 Å². The molecule has 1 aromatic heterocycles. The van der Waals surface area contributed by atoms with Crippen LogP contribution in [0.4, 0.5) is 0 Å². The van der Waals surface area contributed by atoms with Crippen LogP contribution in [0.25, 0.3) is 16.5 Å². The first-order chi connectivity index (χ1) is 8.24. The standard InChI is InChI=1S/C15H18N2/c1-11-3-5-12(6-4-11)13-7-8-15-14(9-13)10-16-17(15)2/h5,7-11H,3-4,6H2,1-2H3. The fourth-order valence-corrected chi connectivity index (χ4v) is 2.59. The summed E-state index contributed by atoms with van der Waals surface area (Å²) < 4.78 is 1.93. The zero-order valence-corrected chi connectivity index (χ0v) is 10.5. The van der Waals surface area contributed by atoms with Gasteiger partial charge in [0.2, 0.25) is 0 Å². The molecule has 2 aromatic rings. The molecule has 0 bridgehead atoms. The first kappa shape index (κ1) is 10.6. The maximum Gasteiger partial charge on any atom is 0.0679 e. The van der Waals surface area contributed by atoms with E-state index in [1.165, 1.54) is 41.3 Å². The van der Waals surface area contributed by atoms with Crippen LogP contribution in [0, 0.1) is 5.92 Å². The van der Waals surface area contributed by atoms with E-state index in [9.17, 15) is 0 Å². The van der Waals surface area contributed by atoms with E-state index in [4.69, 9.17) is 0 Å². The van der Waals surface area contributed by atoms with Crippen molar-refractivity contribution in [1.82, 2.24) is 9.78 Å². The molecule has 3 rings (SSSR count). The van der Waals surface area contributed by atoms with Crippen LogP contribution < -0.4 is 0 Å². The van der Waals surface area contributed by atoms with Crippen LogP contribution in [0.15, 0.2) is 30.5 Å². The fraction of sp³-hybridized carbons (Fsp3) is 0.400. The molecule has 2 nitrogen and oxygen atoms in total. The van der Waals surface area contributed by atoms with E-state index in [0.717, 1.165) is 5.92 Å². The van der Waals surface area contributed by atoms with Gasteiger partial charge in [-0.2, -0.15) is 5.10 Å². The SMILES string of the molecule is CC1CC=C(c2ccc3c(cnn3C)c2)CC1. The molecule has 0 saturated carbocycles. The van der Waals surface area contributed by atoms with E-state index in [1.54, 1.807) is 0 Å². The number of fused-ring (bicyclic) bond motifs is 1. The van der Waals surface area contributed by atoms with Crippen LogP contribution in [0.2, 0.25) is 0 Å². The van der Waals surface area contributed by atoms with Gasteiger partial charge in [0.05, 0.1) is 11.7 Å². The molecule has 88 valence electrons. The monoisotopic (exact) mass is 226 g/mol. The van der Waals surface area contributed by atoms with Crippen LogP contribution in [0.1, 0.15) is 31.7 Å². The summed E-state index contributed by atoms with van der Waals surface area (Å²) in [5, 5.41) is 5.53. The Labute approximate surface area is 102 Å². The van der Waals surface area contributed by atoms with Crippen molar-refractivity contribution in [3.05, 3.63) is 36.0 Å². The molecule has 2 heteroatoms. The zero-order chi connectivity index (χ0) is 11.8. The minimum absolute atomic E-state index is 0.848. The summed E-state index contributed by atoms with van der Waals surface area (Å²) >= 11 is 0. The van der Waals surface area contributed by atoms with Gasteiger partial charge in [-0.05, 0) is 48.4 Å². The largest absolute Gasteiger partial charge is 0.268 e. The Balaban J connectivity index is 2.01. The maximum absolute atomic E-state index is 4.29. The number of aryl methyl sites for hydroxylation is 1. The van der Waals surface area contributed by atoms with Gasteiger partial charge in [-0.3, -0.25) is 4.68 Å². The predicted octanol–water partition coefficient (Wildman–Crippen LogP) is 3.78. The Morgan fingerprint density at radius 1 is 1.35 bits per heavy atom. The second-order valence-corrected chi connectivity index (χ2v) is 5.15. The molecule has 0 fully saturated rings. The van der Waals surface area contributed by atoms with Gasteiger partial charge in [-0.1, -0.05) is 19.1 Å². The van der Waals surface area contributed by atoms with Crippen LogP contribution in [-0.2, 0) is 7.05 Å². The van der Waals surface area contributed by atoms with Gasteiger partial charge in [0, 0.05) is 12.4 Å². The summed E-state index contributed by atoms with van der Waals surface area (Å²) in [7, 11) is 1.99. The number of benzene rings is 1. The molecule has 0 spiro atoms. The molecule has 17 heavy (non-hydrogen) atoms. The molecule has 1 aromatic carbocycles. The molecule has 0 saturated heterocycles. The molecule has 1 aliphatic carbocycles. The van der Waals surface area contributed by atoms with Crippen LogP contribution in [0.5, 0.6) is 0 Å². The van der Waals surface area contributed by atoms with E-state index in [0.29, 0.717) is 0 Å². The second kappa shape index (κ2) is 4.02. The fourth-order valence-electron chi connectivity index (χ4n) is 2.59. The lowest BCUT2D eigenvalue weighted by atomic mass is 9.87. The van der Waals surface area contributed by atoms with E-state index >= 15 is 0 Å². The average Bonchev–Trinajstić information content (AvgIpc) is 2.72. The lowest BCUT2D eigenvalue weighted by molar-refractivity contribution is 0.534. The highest BCUT2D eigenvalue weighted by molar-refractivity contribution is 5.83. The van der Waals surface area contributed by atoms with E-state index in [2.05, 4.69) is 36.3 Å². The molecule has 0 amide bonds. The first-order valence-corrected chi connectivity index (χ1v) is 6.35. The summed E-state index contributed by atoms with van der Waals surface area (Å²) in [4.78, 5) is 0. The predicted molar refractivity (Wildman–Crippen MR) is 71.7 cm³/mol. The van der Waals surface area contributed by atoms with Gasteiger partial charge in [0.25, 0.3) is 0 Å². The van der Waals surface area contributed by atoms with E-state index in [-0.39, 0.29) is 0 Å². The van der Waals surface area contributed by atoms with Crippen molar-refractivity contribution in [3.8, 4) is 0 Å². The van der Waals surface area contributed by atoms with Gasteiger partial charge >= 0.3 is 0 Å². The van der Waals surface area contributed by atoms with Gasteiger partial charge in [-0.15, -0.1) is 0 Å². The molecular formula is C15H18N2. The van der Waals surface area contributed by atoms with E-state index < -0.39 is 0 Å². The third kappa shape index (κ3) is 1.88. The van der Waals surface area contributed by atoms with Crippen molar-refractivity contribution in [2.24, 2.45) is 13.0 Å². The van der Waals surface area contributed by atoms with Crippen LogP contribution in [-0.4, -0.2) is 9.78 Å². The quantitative estimate of drug-likeness (QED) is 0.723. The molecule has 1 aliphatic rings. The Morgan fingerprint density at radius 3 is 3.00 bits per heavy atom. The molecule has 1 atom stereocenters. The van der Waals surface area contributed by atoms with Crippen LogP contribution >= 0.6 is 0 Å². The third-order valence-corrected chi connectivity index (χ3v) is 3.79. The third-order valence-electron chi connectivity index (χ3n) is 3.79. The summed E-state index contributed by atoms with van der Waals surface area (Å²) in [6, 6.07) is 6.67. The Morgan fingerprint density at radius 2 is 2.24 bits per heavy atom. The minimum Gasteiger partial charge on any atom is -0.268 e. The van der Waals surface area contributed by atoms with Crippen molar-refractivity contribution >= 4 is 16.5 Å². The summed E-state index contributed by atoms with van der Waals surface area (Å²) in [5.41, 5.74) is 4.09. The lowest BCUT2D eigenvalue weighted by Crippen LogP contribution is -2.00. The number of hydrogen-bond donors (Lipinski definition) is 0. The Hall–Kier alpha value is -1.57. The van der Waals surface area contributed by atoms with E-state index in [1.807, 2.05) is 17.9 Å².